The molecule has 1 saturated heterocycles. The Morgan fingerprint density at radius 3 is 2.60 bits per heavy atom. The first-order chi connectivity index (χ1) is 9.26. The van der Waals surface area contributed by atoms with Gasteiger partial charge in [0.1, 0.15) is 0 Å². The minimum atomic E-state index is -3.49. The van der Waals surface area contributed by atoms with Crippen LogP contribution in [0.1, 0.15) is 44.0 Å². The summed E-state index contributed by atoms with van der Waals surface area (Å²) in [6.07, 6.45) is 1.24. The molecule has 0 unspecified atom stereocenters. The van der Waals surface area contributed by atoms with Crippen LogP contribution in [0.5, 0.6) is 0 Å². The highest BCUT2D eigenvalue weighted by molar-refractivity contribution is 7.89. The number of Topliss-reactive ketones (excluding diaryl/α,β-unsaturated/α-hetero) is 1. The molecule has 0 spiro atoms. The molecule has 1 aliphatic rings. The standard InChI is InChI=1S/C15H21NO3S/c1-4-14(17)12-6-5-7-13(10-12)20(18,19)16-9-8-15(2,3)11-16/h5-7,10H,4,8-9,11H2,1-3H3. The van der Waals surface area contributed by atoms with Gasteiger partial charge in [0.25, 0.3) is 0 Å². The number of carbonyl (C=O) groups is 1. The second-order valence-electron chi connectivity index (χ2n) is 6.06. The highest BCUT2D eigenvalue weighted by Gasteiger charge is 2.36. The van der Waals surface area contributed by atoms with Gasteiger partial charge in [0.05, 0.1) is 4.90 Å². The summed E-state index contributed by atoms with van der Waals surface area (Å²) in [7, 11) is -3.49. The van der Waals surface area contributed by atoms with Gasteiger partial charge < -0.3 is 0 Å². The van der Waals surface area contributed by atoms with Gasteiger partial charge in [-0.15, -0.1) is 0 Å². The molecule has 2 rings (SSSR count). The molecule has 20 heavy (non-hydrogen) atoms. The van der Waals surface area contributed by atoms with Crippen molar-refractivity contribution in [3.05, 3.63) is 29.8 Å². The molecular weight excluding hydrogens is 274 g/mol. The molecule has 1 aliphatic heterocycles. The highest BCUT2D eigenvalue weighted by Crippen LogP contribution is 2.32. The van der Waals surface area contributed by atoms with E-state index >= 15 is 0 Å². The van der Waals surface area contributed by atoms with Crippen LogP contribution in [0.15, 0.2) is 29.2 Å². The van der Waals surface area contributed by atoms with Crippen molar-refractivity contribution in [1.82, 2.24) is 4.31 Å². The van der Waals surface area contributed by atoms with Crippen molar-refractivity contribution in [3.8, 4) is 0 Å². The molecule has 110 valence electrons. The van der Waals surface area contributed by atoms with Crippen LogP contribution in [-0.4, -0.2) is 31.6 Å². The van der Waals surface area contributed by atoms with Gasteiger partial charge in [-0.05, 0) is 24.0 Å². The van der Waals surface area contributed by atoms with E-state index in [-0.39, 0.29) is 16.1 Å². The van der Waals surface area contributed by atoms with Crippen LogP contribution in [0.2, 0.25) is 0 Å². The van der Waals surface area contributed by atoms with E-state index in [1.54, 1.807) is 25.1 Å². The molecule has 0 atom stereocenters. The van der Waals surface area contributed by atoms with E-state index in [2.05, 4.69) is 13.8 Å². The number of ketones is 1. The predicted molar refractivity (Wildman–Crippen MR) is 78.2 cm³/mol. The van der Waals surface area contributed by atoms with E-state index in [1.807, 2.05) is 0 Å². The summed E-state index contributed by atoms with van der Waals surface area (Å²) in [5.74, 6) is -0.0381. The second kappa shape index (κ2) is 5.30. The fourth-order valence-electron chi connectivity index (χ4n) is 2.45. The Morgan fingerprint density at radius 2 is 2.05 bits per heavy atom. The Hall–Kier alpha value is -1.20. The van der Waals surface area contributed by atoms with Gasteiger partial charge in [0.2, 0.25) is 10.0 Å². The van der Waals surface area contributed by atoms with Gasteiger partial charge in [-0.25, -0.2) is 8.42 Å². The number of carbonyl (C=O) groups excluding carboxylic acids is 1. The van der Waals surface area contributed by atoms with Gasteiger partial charge in [0, 0.05) is 25.1 Å². The summed E-state index contributed by atoms with van der Waals surface area (Å²) < 4.78 is 26.7. The quantitative estimate of drug-likeness (QED) is 0.803. The Balaban J connectivity index is 2.33. The first-order valence-electron chi connectivity index (χ1n) is 6.90. The number of sulfonamides is 1. The van der Waals surface area contributed by atoms with E-state index in [0.717, 1.165) is 6.42 Å². The topological polar surface area (TPSA) is 54.5 Å². The maximum Gasteiger partial charge on any atom is 0.243 e. The van der Waals surface area contributed by atoms with Crippen LogP contribution in [-0.2, 0) is 10.0 Å². The lowest BCUT2D eigenvalue weighted by atomic mass is 9.93. The molecule has 0 bridgehead atoms. The number of nitrogens with zero attached hydrogens (tertiary/aromatic N) is 1. The molecule has 0 aromatic heterocycles. The summed E-state index contributed by atoms with van der Waals surface area (Å²) in [5.41, 5.74) is 0.483. The smallest absolute Gasteiger partial charge is 0.243 e. The average molecular weight is 295 g/mol. The zero-order valence-electron chi connectivity index (χ0n) is 12.2. The van der Waals surface area contributed by atoms with Crippen molar-refractivity contribution in [3.63, 3.8) is 0 Å². The predicted octanol–water partition coefficient (Wildman–Crippen LogP) is 2.70. The number of hydrogen-bond donors (Lipinski definition) is 0. The number of benzene rings is 1. The maximum absolute atomic E-state index is 12.6. The molecule has 0 amide bonds. The van der Waals surface area contributed by atoms with Crippen LogP contribution in [0.3, 0.4) is 0 Å². The molecule has 0 saturated carbocycles. The molecule has 0 radical (unpaired) electrons. The van der Waals surface area contributed by atoms with Gasteiger partial charge >= 0.3 is 0 Å². The molecule has 0 aliphatic carbocycles. The molecule has 1 aromatic rings. The van der Waals surface area contributed by atoms with E-state index in [4.69, 9.17) is 0 Å². The zero-order valence-corrected chi connectivity index (χ0v) is 13.0. The van der Waals surface area contributed by atoms with Crippen molar-refractivity contribution in [2.45, 2.75) is 38.5 Å². The second-order valence-corrected chi connectivity index (χ2v) is 8.00. The fraction of sp³-hybridized carbons (Fsp3) is 0.533. The Kier molecular flexibility index (Phi) is 4.02. The number of hydrogen-bond acceptors (Lipinski definition) is 3. The molecule has 5 heteroatoms. The van der Waals surface area contributed by atoms with Gasteiger partial charge in [0.15, 0.2) is 5.78 Å². The third kappa shape index (κ3) is 2.94. The summed E-state index contributed by atoms with van der Waals surface area (Å²) >= 11 is 0. The van der Waals surface area contributed by atoms with Gasteiger partial charge in [-0.2, -0.15) is 4.31 Å². The molecular formula is C15H21NO3S. The number of rotatable bonds is 4. The first-order valence-corrected chi connectivity index (χ1v) is 8.34. The van der Waals surface area contributed by atoms with Crippen LogP contribution >= 0.6 is 0 Å². The van der Waals surface area contributed by atoms with E-state index in [9.17, 15) is 13.2 Å². The minimum absolute atomic E-state index is 0.0178. The average Bonchev–Trinajstić information content (AvgIpc) is 2.79. The summed E-state index contributed by atoms with van der Waals surface area (Å²) in [6.45, 7) is 6.98. The van der Waals surface area contributed by atoms with E-state index in [1.165, 1.54) is 10.4 Å². The third-order valence-electron chi connectivity index (χ3n) is 3.76. The van der Waals surface area contributed by atoms with Crippen molar-refractivity contribution in [1.29, 1.82) is 0 Å². The molecule has 4 nitrogen and oxygen atoms in total. The van der Waals surface area contributed by atoms with Gasteiger partial charge in [-0.3, -0.25) is 4.79 Å². The van der Waals surface area contributed by atoms with Crippen LogP contribution in [0.25, 0.3) is 0 Å². The maximum atomic E-state index is 12.6. The Bertz CT molecular complexity index is 620. The minimum Gasteiger partial charge on any atom is -0.294 e. The van der Waals surface area contributed by atoms with E-state index < -0.39 is 10.0 Å². The van der Waals surface area contributed by atoms with Crippen LogP contribution < -0.4 is 0 Å². The molecule has 1 fully saturated rings. The molecule has 1 heterocycles. The Morgan fingerprint density at radius 1 is 1.35 bits per heavy atom. The van der Waals surface area contributed by atoms with Crippen molar-refractivity contribution in [2.24, 2.45) is 5.41 Å². The largest absolute Gasteiger partial charge is 0.294 e. The zero-order chi connectivity index (χ0) is 15.0. The van der Waals surface area contributed by atoms with Crippen molar-refractivity contribution >= 4 is 15.8 Å². The lowest BCUT2D eigenvalue weighted by Crippen LogP contribution is -2.30. The lowest BCUT2D eigenvalue weighted by Gasteiger charge is -2.20. The van der Waals surface area contributed by atoms with Crippen molar-refractivity contribution < 1.29 is 13.2 Å². The van der Waals surface area contributed by atoms with Crippen molar-refractivity contribution in [2.75, 3.05) is 13.1 Å². The van der Waals surface area contributed by atoms with E-state index in [0.29, 0.717) is 25.1 Å². The van der Waals surface area contributed by atoms with Crippen LogP contribution in [0, 0.1) is 5.41 Å². The molecule has 0 N–H and O–H groups in total. The summed E-state index contributed by atoms with van der Waals surface area (Å²) in [5, 5.41) is 0. The monoisotopic (exact) mass is 295 g/mol. The summed E-state index contributed by atoms with van der Waals surface area (Å²) in [6, 6.07) is 6.36. The third-order valence-corrected chi connectivity index (χ3v) is 5.60. The van der Waals surface area contributed by atoms with Gasteiger partial charge in [-0.1, -0.05) is 32.9 Å². The Labute approximate surface area is 120 Å². The fourth-order valence-corrected chi connectivity index (χ4v) is 4.13. The first kappa shape index (κ1) is 15.2. The molecule has 1 aromatic carbocycles. The van der Waals surface area contributed by atoms with Crippen LogP contribution in [0.4, 0.5) is 0 Å². The SMILES string of the molecule is CCC(=O)c1cccc(S(=O)(=O)N2CCC(C)(C)C2)c1. The highest BCUT2D eigenvalue weighted by atomic mass is 32.2. The lowest BCUT2D eigenvalue weighted by molar-refractivity contribution is 0.0988. The summed E-state index contributed by atoms with van der Waals surface area (Å²) in [4.78, 5) is 11.9. The normalized spacial score (nSPS) is 19.1.